The van der Waals surface area contributed by atoms with Crippen LogP contribution in [-0.4, -0.2) is 67.6 Å². The number of benzene rings is 3. The molecule has 290 valence electrons. The lowest BCUT2D eigenvalue weighted by Crippen LogP contribution is -2.35. The molecule has 12 heteroatoms. The van der Waals surface area contributed by atoms with Gasteiger partial charge in [0.25, 0.3) is 0 Å². The number of para-hydroxylation sites is 1. The van der Waals surface area contributed by atoms with E-state index in [1.807, 2.05) is 47.9 Å². The zero-order valence-corrected chi connectivity index (χ0v) is 33.6. The fraction of sp³-hybridized carbons (Fsp3) is 0.419. The third-order valence-electron chi connectivity index (χ3n) is 11.1. The molecule has 1 atom stereocenters. The molecule has 0 spiro atoms. The van der Waals surface area contributed by atoms with Gasteiger partial charge in [0.1, 0.15) is 12.4 Å². The molecule has 7 rings (SSSR count). The van der Waals surface area contributed by atoms with E-state index < -0.39 is 16.0 Å². The van der Waals surface area contributed by atoms with E-state index in [1.165, 1.54) is 0 Å². The third-order valence-corrected chi connectivity index (χ3v) is 13.0. The maximum absolute atomic E-state index is 14.5. The summed E-state index contributed by atoms with van der Waals surface area (Å²) in [6.45, 7) is 10.2. The van der Waals surface area contributed by atoms with Crippen LogP contribution in [0, 0.1) is 11.3 Å². The molecule has 1 saturated heterocycles. The molecule has 2 aliphatic rings. The molecule has 1 aliphatic carbocycles. The second kappa shape index (κ2) is 15.3. The Morgan fingerprint density at radius 3 is 2.25 bits per heavy atom. The molecule has 5 aromatic rings. The Bertz CT molecular complexity index is 2380. The van der Waals surface area contributed by atoms with E-state index in [0.717, 1.165) is 59.0 Å². The van der Waals surface area contributed by atoms with Crippen LogP contribution in [-0.2, 0) is 34.3 Å². The SMILES string of the molecule is CCn1c(COC(=O)c2c3c(nc4ccccc24)/C(=C\c2cc(OC)c(OC)c(OC)c2)CC(C(C)(C)C)C3)nc2cc(S(=O)(=O)N3CCCCC3)ccc21. The Balaban J connectivity index is 1.28. The highest BCUT2D eigenvalue weighted by atomic mass is 32.2. The molecule has 0 amide bonds. The van der Waals surface area contributed by atoms with Gasteiger partial charge in [-0.15, -0.1) is 0 Å². The first-order valence-corrected chi connectivity index (χ1v) is 20.4. The lowest BCUT2D eigenvalue weighted by Gasteiger charge is -2.36. The highest BCUT2D eigenvalue weighted by Crippen LogP contribution is 2.46. The summed E-state index contributed by atoms with van der Waals surface area (Å²) in [4.78, 5) is 24.7. The number of hydrogen-bond donors (Lipinski definition) is 0. The normalized spacial score (nSPS) is 17.4. The maximum atomic E-state index is 14.5. The lowest BCUT2D eigenvalue weighted by atomic mass is 9.69. The molecule has 1 unspecified atom stereocenters. The quantitative estimate of drug-likeness (QED) is 0.129. The molecular weight excluding hydrogens is 717 g/mol. The predicted octanol–water partition coefficient (Wildman–Crippen LogP) is 8.31. The summed E-state index contributed by atoms with van der Waals surface area (Å²) < 4.78 is 53.6. The summed E-state index contributed by atoms with van der Waals surface area (Å²) in [5, 5.41) is 0.726. The number of ether oxygens (including phenoxy) is 4. The molecule has 0 radical (unpaired) electrons. The van der Waals surface area contributed by atoms with Crippen LogP contribution in [0.25, 0.3) is 33.6 Å². The minimum Gasteiger partial charge on any atom is -0.493 e. The Labute approximate surface area is 323 Å². The number of piperidine rings is 1. The number of carbonyl (C=O) groups excluding carboxylic acids is 1. The topological polar surface area (TPSA) is 122 Å². The third kappa shape index (κ3) is 7.29. The van der Waals surface area contributed by atoms with Crippen molar-refractivity contribution in [3.63, 3.8) is 0 Å². The number of aromatic nitrogens is 3. The molecule has 0 saturated carbocycles. The van der Waals surface area contributed by atoms with Gasteiger partial charge in [0.15, 0.2) is 11.5 Å². The number of rotatable bonds is 10. The van der Waals surface area contributed by atoms with Crippen molar-refractivity contribution in [1.29, 1.82) is 0 Å². The summed E-state index contributed by atoms with van der Waals surface area (Å²) in [6, 6.07) is 16.6. The van der Waals surface area contributed by atoms with Crippen molar-refractivity contribution >= 4 is 49.6 Å². The average Bonchev–Trinajstić information content (AvgIpc) is 3.55. The summed E-state index contributed by atoms with van der Waals surface area (Å²) in [5.41, 5.74) is 5.92. The fourth-order valence-corrected chi connectivity index (χ4v) is 9.53. The molecule has 1 fully saturated rings. The van der Waals surface area contributed by atoms with Crippen LogP contribution in [0.2, 0.25) is 0 Å². The van der Waals surface area contributed by atoms with Crippen LogP contribution in [0.3, 0.4) is 0 Å². The molecule has 55 heavy (non-hydrogen) atoms. The summed E-state index contributed by atoms with van der Waals surface area (Å²) in [6.07, 6.45) is 6.26. The number of sulfonamides is 1. The number of carbonyl (C=O) groups is 1. The number of allylic oxidation sites excluding steroid dienone is 1. The van der Waals surface area contributed by atoms with Crippen molar-refractivity contribution in [2.45, 2.75) is 77.8 Å². The van der Waals surface area contributed by atoms with Gasteiger partial charge in [0, 0.05) is 25.0 Å². The largest absolute Gasteiger partial charge is 0.493 e. The van der Waals surface area contributed by atoms with Crippen LogP contribution in [0.1, 0.15) is 86.4 Å². The molecule has 3 aromatic carbocycles. The lowest BCUT2D eigenvalue weighted by molar-refractivity contribution is 0.0458. The molecule has 0 bridgehead atoms. The van der Waals surface area contributed by atoms with Crippen LogP contribution in [0.4, 0.5) is 0 Å². The van der Waals surface area contributed by atoms with Crippen molar-refractivity contribution in [3.8, 4) is 17.2 Å². The van der Waals surface area contributed by atoms with E-state index in [-0.39, 0.29) is 22.8 Å². The van der Waals surface area contributed by atoms with E-state index in [4.69, 9.17) is 28.9 Å². The zero-order valence-electron chi connectivity index (χ0n) is 32.8. The summed E-state index contributed by atoms with van der Waals surface area (Å²) in [5.74, 6) is 1.89. The number of esters is 1. The summed E-state index contributed by atoms with van der Waals surface area (Å²) >= 11 is 0. The van der Waals surface area contributed by atoms with Crippen LogP contribution >= 0.6 is 0 Å². The Hall–Kier alpha value is -4.94. The standard InChI is InChI=1S/C43H50N4O7S/c1-8-47-35-17-16-30(55(49,50)46-18-12-9-13-19-46)25-34(35)44-38(47)26-54-42(48)39-31-14-10-11-15-33(31)45-40-28(23-29(24-32(39)40)43(2,3)4)20-27-21-36(51-5)41(53-7)37(22-27)52-6/h10-11,14-17,20-22,25,29H,8-9,12-13,18-19,23-24,26H2,1-7H3/b28-20-. The van der Waals surface area contributed by atoms with E-state index in [0.29, 0.717) is 65.7 Å². The van der Waals surface area contributed by atoms with Crippen molar-refractivity contribution in [2.75, 3.05) is 34.4 Å². The predicted molar refractivity (Wildman–Crippen MR) is 214 cm³/mol. The molecule has 2 aromatic heterocycles. The zero-order chi connectivity index (χ0) is 39.1. The molecule has 11 nitrogen and oxygen atoms in total. The van der Waals surface area contributed by atoms with E-state index >= 15 is 0 Å². The van der Waals surface area contributed by atoms with Crippen molar-refractivity contribution in [2.24, 2.45) is 11.3 Å². The maximum Gasteiger partial charge on any atom is 0.339 e. The first-order valence-electron chi connectivity index (χ1n) is 19.0. The monoisotopic (exact) mass is 766 g/mol. The first-order chi connectivity index (χ1) is 26.4. The number of nitrogens with zero attached hydrogens (tertiary/aromatic N) is 4. The number of hydrogen-bond acceptors (Lipinski definition) is 9. The number of fused-ring (bicyclic) bond motifs is 3. The number of methoxy groups -OCH3 is 3. The molecule has 0 N–H and O–H groups in total. The number of aryl methyl sites for hydroxylation is 1. The minimum absolute atomic E-state index is 0.0782. The van der Waals surface area contributed by atoms with Crippen molar-refractivity contribution in [1.82, 2.24) is 18.8 Å². The van der Waals surface area contributed by atoms with Crippen LogP contribution in [0.15, 0.2) is 59.5 Å². The van der Waals surface area contributed by atoms with Crippen molar-refractivity contribution in [3.05, 3.63) is 82.8 Å². The van der Waals surface area contributed by atoms with Gasteiger partial charge in [-0.05, 0) is 103 Å². The second-order valence-electron chi connectivity index (χ2n) is 15.4. The van der Waals surface area contributed by atoms with Crippen molar-refractivity contribution < 1.29 is 32.2 Å². The van der Waals surface area contributed by atoms with E-state index in [9.17, 15) is 13.2 Å². The fourth-order valence-electron chi connectivity index (χ4n) is 7.99. The van der Waals surface area contributed by atoms with E-state index in [2.05, 4.69) is 26.8 Å². The van der Waals surface area contributed by atoms with Crippen LogP contribution < -0.4 is 14.2 Å². The van der Waals surface area contributed by atoms with E-state index in [1.54, 1.807) is 43.8 Å². The van der Waals surface area contributed by atoms with Gasteiger partial charge >= 0.3 is 5.97 Å². The van der Waals surface area contributed by atoms with Gasteiger partial charge < -0.3 is 23.5 Å². The van der Waals surface area contributed by atoms with Gasteiger partial charge in [-0.25, -0.2) is 23.2 Å². The Kier molecular flexibility index (Phi) is 10.7. The average molecular weight is 767 g/mol. The first kappa shape index (κ1) is 38.3. The van der Waals surface area contributed by atoms with Gasteiger partial charge in [-0.3, -0.25) is 0 Å². The van der Waals surface area contributed by atoms with Gasteiger partial charge in [-0.1, -0.05) is 45.4 Å². The highest BCUT2D eigenvalue weighted by molar-refractivity contribution is 7.89. The Morgan fingerprint density at radius 2 is 1.60 bits per heavy atom. The highest BCUT2D eigenvalue weighted by Gasteiger charge is 2.36. The molecule has 1 aliphatic heterocycles. The summed E-state index contributed by atoms with van der Waals surface area (Å²) in [7, 11) is 1.14. The molecule has 3 heterocycles. The second-order valence-corrected chi connectivity index (χ2v) is 17.3. The van der Waals surface area contributed by atoms with Gasteiger partial charge in [-0.2, -0.15) is 4.31 Å². The molecular formula is C43H50N4O7S. The number of pyridine rings is 1. The van der Waals surface area contributed by atoms with Gasteiger partial charge in [0.05, 0.1) is 54.0 Å². The van der Waals surface area contributed by atoms with Crippen LogP contribution in [0.5, 0.6) is 17.2 Å². The smallest absolute Gasteiger partial charge is 0.339 e. The minimum atomic E-state index is -3.64. The number of imidazole rings is 1. The Morgan fingerprint density at radius 1 is 0.891 bits per heavy atom. The van der Waals surface area contributed by atoms with Gasteiger partial charge in [0.2, 0.25) is 15.8 Å².